The minimum absolute atomic E-state index is 0.0113. The van der Waals surface area contributed by atoms with Gasteiger partial charge in [0.2, 0.25) is 11.6 Å². The SMILES string of the molecule is CCC(C)NC(=O)c1nnc2n(c1=O)CCN2c1ccccc1. The second-order valence-electron chi connectivity index (χ2n) is 5.58. The highest BCUT2D eigenvalue weighted by Crippen LogP contribution is 2.25. The minimum atomic E-state index is -0.467. The largest absolute Gasteiger partial charge is 0.348 e. The fourth-order valence-corrected chi connectivity index (χ4v) is 2.50. The van der Waals surface area contributed by atoms with Crippen LogP contribution < -0.4 is 15.8 Å². The number of para-hydroxylation sites is 1. The van der Waals surface area contributed by atoms with E-state index in [1.165, 1.54) is 4.57 Å². The number of benzene rings is 1. The smallest absolute Gasteiger partial charge is 0.286 e. The molecule has 0 fully saturated rings. The van der Waals surface area contributed by atoms with E-state index in [1.807, 2.05) is 49.1 Å². The van der Waals surface area contributed by atoms with E-state index in [0.717, 1.165) is 12.1 Å². The van der Waals surface area contributed by atoms with Crippen molar-refractivity contribution in [1.29, 1.82) is 0 Å². The molecule has 7 heteroatoms. The van der Waals surface area contributed by atoms with Gasteiger partial charge in [-0.1, -0.05) is 25.1 Å². The Morgan fingerprint density at radius 2 is 2.00 bits per heavy atom. The Balaban J connectivity index is 1.93. The molecule has 0 radical (unpaired) electrons. The van der Waals surface area contributed by atoms with E-state index in [9.17, 15) is 9.59 Å². The number of fused-ring (bicyclic) bond motifs is 1. The summed E-state index contributed by atoms with van der Waals surface area (Å²) in [5, 5.41) is 10.7. The third-order valence-corrected chi connectivity index (χ3v) is 3.99. The summed E-state index contributed by atoms with van der Waals surface area (Å²) >= 11 is 0. The molecule has 0 saturated heterocycles. The summed E-state index contributed by atoms with van der Waals surface area (Å²) in [4.78, 5) is 26.6. The number of carbonyl (C=O) groups excluding carboxylic acids is 1. The maximum absolute atomic E-state index is 12.5. The first-order valence-corrected chi connectivity index (χ1v) is 7.72. The molecule has 0 spiro atoms. The minimum Gasteiger partial charge on any atom is -0.348 e. The molecule has 2 aromatic rings. The van der Waals surface area contributed by atoms with Crippen LogP contribution in [0.1, 0.15) is 30.8 Å². The number of nitrogens with zero attached hydrogens (tertiary/aromatic N) is 4. The van der Waals surface area contributed by atoms with Gasteiger partial charge in [0, 0.05) is 24.8 Å². The Kier molecular flexibility index (Phi) is 4.10. The van der Waals surface area contributed by atoms with Crippen LogP contribution >= 0.6 is 0 Å². The number of anilines is 2. The molecule has 0 aliphatic carbocycles. The van der Waals surface area contributed by atoms with Crippen molar-refractivity contribution in [2.75, 3.05) is 11.4 Å². The highest BCUT2D eigenvalue weighted by atomic mass is 16.2. The zero-order chi connectivity index (χ0) is 16.4. The molecule has 120 valence electrons. The molecular formula is C16H19N5O2. The van der Waals surface area contributed by atoms with Crippen LogP contribution in [0, 0.1) is 0 Å². The standard InChI is InChI=1S/C16H19N5O2/c1-3-11(2)17-14(22)13-15(23)21-10-9-20(16(21)19-18-13)12-7-5-4-6-8-12/h4-8,11H,3,9-10H2,1-2H3,(H,17,22). The lowest BCUT2D eigenvalue weighted by Crippen LogP contribution is -2.38. The van der Waals surface area contributed by atoms with Crippen LogP contribution in [0.3, 0.4) is 0 Å². The quantitative estimate of drug-likeness (QED) is 0.921. The zero-order valence-electron chi connectivity index (χ0n) is 13.2. The Morgan fingerprint density at radius 3 is 2.70 bits per heavy atom. The maximum Gasteiger partial charge on any atom is 0.286 e. The average molecular weight is 313 g/mol. The van der Waals surface area contributed by atoms with Crippen LogP contribution in [0.15, 0.2) is 35.1 Å². The first-order valence-electron chi connectivity index (χ1n) is 7.72. The second-order valence-corrected chi connectivity index (χ2v) is 5.58. The molecule has 23 heavy (non-hydrogen) atoms. The van der Waals surface area contributed by atoms with Crippen molar-refractivity contribution in [2.45, 2.75) is 32.9 Å². The predicted octanol–water partition coefficient (Wildman–Crippen LogP) is 1.32. The molecule has 7 nitrogen and oxygen atoms in total. The van der Waals surface area contributed by atoms with Gasteiger partial charge in [-0.3, -0.25) is 14.2 Å². The summed E-state index contributed by atoms with van der Waals surface area (Å²) in [5.41, 5.74) is 0.405. The molecule has 1 aromatic carbocycles. The van der Waals surface area contributed by atoms with Gasteiger partial charge in [-0.2, -0.15) is 0 Å². The van der Waals surface area contributed by atoms with Gasteiger partial charge in [0.05, 0.1) is 0 Å². The molecule has 1 aliphatic heterocycles. The number of hydrogen-bond acceptors (Lipinski definition) is 5. The summed E-state index contributed by atoms with van der Waals surface area (Å²) in [6.07, 6.45) is 0.785. The van der Waals surface area contributed by atoms with Gasteiger partial charge >= 0.3 is 0 Å². The third-order valence-electron chi connectivity index (χ3n) is 3.99. The summed E-state index contributed by atoms with van der Waals surface area (Å²) in [6, 6.07) is 9.68. The van der Waals surface area contributed by atoms with Crippen molar-refractivity contribution in [3.63, 3.8) is 0 Å². The predicted molar refractivity (Wildman–Crippen MR) is 87.0 cm³/mol. The van der Waals surface area contributed by atoms with Gasteiger partial charge in [0.15, 0.2) is 0 Å². The molecule has 3 rings (SSSR count). The Hall–Kier alpha value is -2.70. The van der Waals surface area contributed by atoms with Crippen molar-refractivity contribution in [3.8, 4) is 0 Å². The van der Waals surface area contributed by atoms with Crippen molar-refractivity contribution in [3.05, 3.63) is 46.4 Å². The lowest BCUT2D eigenvalue weighted by Gasteiger charge is -2.16. The number of aromatic nitrogens is 3. The van der Waals surface area contributed by atoms with E-state index < -0.39 is 11.5 Å². The van der Waals surface area contributed by atoms with Gasteiger partial charge in [-0.15, -0.1) is 10.2 Å². The fourth-order valence-electron chi connectivity index (χ4n) is 2.50. The molecule has 1 N–H and O–H groups in total. The lowest BCUT2D eigenvalue weighted by molar-refractivity contribution is 0.0930. The van der Waals surface area contributed by atoms with Crippen molar-refractivity contribution >= 4 is 17.5 Å². The summed E-state index contributed by atoms with van der Waals surface area (Å²) in [5.74, 6) is 0.00611. The molecule has 1 amide bonds. The van der Waals surface area contributed by atoms with Gasteiger partial charge in [0.25, 0.3) is 11.5 Å². The molecule has 0 saturated carbocycles. The van der Waals surface area contributed by atoms with Crippen LogP contribution in [-0.4, -0.2) is 33.3 Å². The molecule has 2 heterocycles. The van der Waals surface area contributed by atoms with Crippen LogP contribution in [0.5, 0.6) is 0 Å². The van der Waals surface area contributed by atoms with Crippen molar-refractivity contribution < 1.29 is 4.79 Å². The Morgan fingerprint density at radius 1 is 1.26 bits per heavy atom. The van der Waals surface area contributed by atoms with Gasteiger partial charge < -0.3 is 10.2 Å². The second kappa shape index (κ2) is 6.20. The van der Waals surface area contributed by atoms with Crippen molar-refractivity contribution in [1.82, 2.24) is 20.1 Å². The summed E-state index contributed by atoms with van der Waals surface area (Å²) < 4.78 is 1.51. The fraction of sp³-hybridized carbons (Fsp3) is 0.375. The molecule has 1 aromatic heterocycles. The number of hydrogen-bond donors (Lipinski definition) is 1. The van der Waals surface area contributed by atoms with E-state index in [1.54, 1.807) is 0 Å². The third kappa shape index (κ3) is 2.81. The normalized spacial score (nSPS) is 14.4. The topological polar surface area (TPSA) is 80.1 Å². The maximum atomic E-state index is 12.5. The Bertz CT molecular complexity index is 772. The number of rotatable bonds is 4. The summed E-state index contributed by atoms with van der Waals surface area (Å²) in [7, 11) is 0. The van der Waals surface area contributed by atoms with Crippen molar-refractivity contribution in [2.24, 2.45) is 0 Å². The van der Waals surface area contributed by atoms with Gasteiger partial charge in [-0.25, -0.2) is 0 Å². The van der Waals surface area contributed by atoms with Crippen LogP contribution in [0.2, 0.25) is 0 Å². The number of nitrogens with one attached hydrogen (secondary N) is 1. The first-order chi connectivity index (χ1) is 11.1. The van der Waals surface area contributed by atoms with E-state index in [2.05, 4.69) is 15.5 Å². The molecule has 0 bridgehead atoms. The van der Waals surface area contributed by atoms with Crippen LogP contribution in [0.25, 0.3) is 0 Å². The first kappa shape index (κ1) is 15.2. The van der Waals surface area contributed by atoms with E-state index >= 15 is 0 Å². The number of carbonyl (C=O) groups is 1. The van der Waals surface area contributed by atoms with Crippen LogP contribution in [-0.2, 0) is 6.54 Å². The number of amides is 1. The molecule has 1 aliphatic rings. The molecular weight excluding hydrogens is 294 g/mol. The van der Waals surface area contributed by atoms with E-state index in [0.29, 0.717) is 19.0 Å². The van der Waals surface area contributed by atoms with Gasteiger partial charge in [0.1, 0.15) is 0 Å². The lowest BCUT2D eigenvalue weighted by atomic mass is 10.2. The van der Waals surface area contributed by atoms with E-state index in [-0.39, 0.29) is 11.7 Å². The zero-order valence-corrected chi connectivity index (χ0v) is 13.2. The van der Waals surface area contributed by atoms with Crippen LogP contribution in [0.4, 0.5) is 11.6 Å². The molecule has 1 atom stereocenters. The molecule has 1 unspecified atom stereocenters. The highest BCUT2D eigenvalue weighted by Gasteiger charge is 2.27. The van der Waals surface area contributed by atoms with Gasteiger partial charge in [-0.05, 0) is 25.5 Å². The monoisotopic (exact) mass is 313 g/mol. The average Bonchev–Trinajstić information content (AvgIpc) is 3.00. The Labute approximate surface area is 134 Å². The highest BCUT2D eigenvalue weighted by molar-refractivity contribution is 5.92. The van der Waals surface area contributed by atoms with E-state index in [4.69, 9.17) is 0 Å². The summed E-state index contributed by atoms with van der Waals surface area (Å²) in [6.45, 7) is 4.96.